The van der Waals surface area contributed by atoms with Crippen LogP contribution in [0.25, 0.3) is 11.2 Å². The quantitative estimate of drug-likeness (QED) is 0.690. The number of halogens is 2. The number of nitrogens with zero attached hydrogens (tertiary/aromatic N) is 3. The highest BCUT2D eigenvalue weighted by Gasteiger charge is 2.18. The van der Waals surface area contributed by atoms with Gasteiger partial charge < -0.3 is 10.1 Å². The maximum absolute atomic E-state index is 14.2. The van der Waals surface area contributed by atoms with Crippen molar-refractivity contribution >= 4 is 44.8 Å². The fourth-order valence-electron chi connectivity index (χ4n) is 1.70. The van der Waals surface area contributed by atoms with Crippen LogP contribution < -0.4 is 0 Å². The van der Waals surface area contributed by atoms with Gasteiger partial charge in [0.1, 0.15) is 16.9 Å². The third-order valence-corrected chi connectivity index (χ3v) is 4.49. The van der Waals surface area contributed by atoms with Crippen molar-refractivity contribution in [1.82, 2.24) is 19.9 Å². The molecule has 0 amide bonds. The standard InChI is InChI=1S/C12H6BrFN4O2S/c13-7-5(12(19)20)1-2-6(8(7)14)21-11-9-10(16-3-15-9)17-4-18-11/h1-4H,(H,19,20)(H,15,16,17,18). The molecule has 0 bridgehead atoms. The molecule has 0 aliphatic heterocycles. The minimum Gasteiger partial charge on any atom is -0.478 e. The molecule has 0 aliphatic rings. The highest BCUT2D eigenvalue weighted by atomic mass is 79.9. The normalized spacial score (nSPS) is 11.0. The van der Waals surface area contributed by atoms with Crippen molar-refractivity contribution < 1.29 is 14.3 Å². The molecule has 2 aromatic heterocycles. The molecule has 3 rings (SSSR count). The zero-order chi connectivity index (χ0) is 15.0. The molecule has 2 N–H and O–H groups in total. The number of aromatic amines is 1. The number of fused-ring (bicyclic) bond motifs is 1. The molecule has 1 aromatic carbocycles. The van der Waals surface area contributed by atoms with Crippen molar-refractivity contribution in [2.24, 2.45) is 0 Å². The van der Waals surface area contributed by atoms with E-state index in [9.17, 15) is 9.18 Å². The molecule has 0 unspecified atom stereocenters. The van der Waals surface area contributed by atoms with Crippen LogP contribution in [0.15, 0.2) is 39.2 Å². The smallest absolute Gasteiger partial charge is 0.336 e. The van der Waals surface area contributed by atoms with E-state index in [4.69, 9.17) is 5.11 Å². The van der Waals surface area contributed by atoms with Crippen LogP contribution in [0.3, 0.4) is 0 Å². The van der Waals surface area contributed by atoms with E-state index in [0.717, 1.165) is 11.8 Å². The zero-order valence-electron chi connectivity index (χ0n) is 10.2. The van der Waals surface area contributed by atoms with Crippen molar-refractivity contribution in [3.8, 4) is 0 Å². The number of benzene rings is 1. The first kappa shape index (κ1) is 14.0. The van der Waals surface area contributed by atoms with Gasteiger partial charge in [-0.05, 0) is 28.1 Å². The summed E-state index contributed by atoms with van der Waals surface area (Å²) in [5.74, 6) is -1.85. The number of nitrogens with one attached hydrogen (secondary N) is 1. The van der Waals surface area contributed by atoms with Crippen molar-refractivity contribution in [2.75, 3.05) is 0 Å². The molecule has 0 saturated carbocycles. The Morgan fingerprint density at radius 1 is 1.33 bits per heavy atom. The lowest BCUT2D eigenvalue weighted by molar-refractivity contribution is 0.0695. The molecule has 0 spiro atoms. The summed E-state index contributed by atoms with van der Waals surface area (Å²) in [6.07, 6.45) is 2.81. The number of carboxylic acid groups (broad SMARTS) is 1. The SMILES string of the molecule is O=C(O)c1ccc(Sc2ncnc3nc[nH]c23)c(F)c1Br. The number of hydrogen-bond acceptors (Lipinski definition) is 5. The maximum atomic E-state index is 14.2. The lowest BCUT2D eigenvalue weighted by Crippen LogP contribution is -2.00. The van der Waals surface area contributed by atoms with Gasteiger partial charge in [-0.1, -0.05) is 11.8 Å². The fourth-order valence-corrected chi connectivity index (χ4v) is 3.23. The minimum atomic E-state index is -1.20. The Kier molecular flexibility index (Phi) is 3.60. The summed E-state index contributed by atoms with van der Waals surface area (Å²) in [7, 11) is 0. The van der Waals surface area contributed by atoms with E-state index in [1.807, 2.05) is 0 Å². The molecule has 106 valence electrons. The van der Waals surface area contributed by atoms with Gasteiger partial charge in [0.15, 0.2) is 11.5 Å². The molecule has 9 heteroatoms. The summed E-state index contributed by atoms with van der Waals surface area (Å²) >= 11 is 4.03. The van der Waals surface area contributed by atoms with Gasteiger partial charge in [-0.25, -0.2) is 24.1 Å². The van der Waals surface area contributed by atoms with Crippen molar-refractivity contribution in [3.05, 3.63) is 40.6 Å². The van der Waals surface area contributed by atoms with Gasteiger partial charge in [0, 0.05) is 0 Å². The maximum Gasteiger partial charge on any atom is 0.336 e. The predicted molar refractivity (Wildman–Crippen MR) is 76.9 cm³/mol. The first-order valence-corrected chi connectivity index (χ1v) is 7.22. The van der Waals surface area contributed by atoms with Gasteiger partial charge in [0.2, 0.25) is 0 Å². The van der Waals surface area contributed by atoms with E-state index in [1.165, 1.54) is 24.8 Å². The van der Waals surface area contributed by atoms with Gasteiger partial charge in [0.25, 0.3) is 0 Å². The average Bonchev–Trinajstić information content (AvgIpc) is 2.93. The zero-order valence-corrected chi connectivity index (χ0v) is 12.6. The van der Waals surface area contributed by atoms with Gasteiger partial charge >= 0.3 is 5.97 Å². The monoisotopic (exact) mass is 368 g/mol. The first-order valence-electron chi connectivity index (χ1n) is 5.61. The van der Waals surface area contributed by atoms with Crippen molar-refractivity contribution in [2.45, 2.75) is 9.92 Å². The van der Waals surface area contributed by atoms with Crippen LogP contribution in [0.1, 0.15) is 10.4 Å². The third-order valence-electron chi connectivity index (χ3n) is 2.67. The predicted octanol–water partition coefficient (Wildman–Crippen LogP) is 3.10. The molecule has 6 nitrogen and oxygen atoms in total. The number of carboxylic acids is 1. The van der Waals surface area contributed by atoms with Crippen molar-refractivity contribution in [1.29, 1.82) is 0 Å². The summed E-state index contributed by atoms with van der Waals surface area (Å²) in [5, 5.41) is 9.45. The van der Waals surface area contributed by atoms with E-state index in [-0.39, 0.29) is 14.9 Å². The number of H-pyrrole nitrogens is 1. The van der Waals surface area contributed by atoms with Crippen LogP contribution in [-0.4, -0.2) is 31.0 Å². The number of aromatic nitrogens is 4. The Hall–Kier alpha value is -2.00. The third kappa shape index (κ3) is 2.49. The van der Waals surface area contributed by atoms with E-state index in [0.29, 0.717) is 16.2 Å². The fraction of sp³-hybridized carbons (Fsp3) is 0. The summed E-state index contributed by atoms with van der Waals surface area (Å²) in [6.45, 7) is 0. The van der Waals surface area contributed by atoms with E-state index >= 15 is 0 Å². The van der Waals surface area contributed by atoms with E-state index in [2.05, 4.69) is 35.9 Å². The lowest BCUT2D eigenvalue weighted by atomic mass is 10.2. The Morgan fingerprint density at radius 2 is 2.14 bits per heavy atom. The second-order valence-electron chi connectivity index (χ2n) is 3.93. The molecule has 0 atom stereocenters. The molecule has 2 heterocycles. The van der Waals surface area contributed by atoms with E-state index in [1.54, 1.807) is 0 Å². The number of hydrogen-bond donors (Lipinski definition) is 2. The molecule has 0 radical (unpaired) electrons. The largest absolute Gasteiger partial charge is 0.478 e. The molecule has 21 heavy (non-hydrogen) atoms. The molecule has 0 saturated heterocycles. The molecular formula is C12H6BrFN4O2S. The van der Waals surface area contributed by atoms with Gasteiger partial charge in [-0.3, -0.25) is 0 Å². The van der Waals surface area contributed by atoms with Crippen LogP contribution in [0.2, 0.25) is 0 Å². The second-order valence-corrected chi connectivity index (χ2v) is 5.75. The topological polar surface area (TPSA) is 91.8 Å². The number of imidazole rings is 1. The summed E-state index contributed by atoms with van der Waals surface area (Å²) < 4.78 is 14.1. The molecule has 0 fully saturated rings. The first-order chi connectivity index (χ1) is 10.1. The molecule has 3 aromatic rings. The second kappa shape index (κ2) is 5.41. The number of rotatable bonds is 3. The minimum absolute atomic E-state index is 0.0880. The van der Waals surface area contributed by atoms with Gasteiger partial charge in [-0.15, -0.1) is 0 Å². The molecule has 0 aliphatic carbocycles. The van der Waals surface area contributed by atoms with Gasteiger partial charge in [-0.2, -0.15) is 0 Å². The number of carbonyl (C=O) groups is 1. The Labute approximate surface area is 130 Å². The van der Waals surface area contributed by atoms with Crippen LogP contribution in [0.5, 0.6) is 0 Å². The molecular weight excluding hydrogens is 363 g/mol. The Morgan fingerprint density at radius 3 is 2.90 bits per heavy atom. The lowest BCUT2D eigenvalue weighted by Gasteiger charge is -2.06. The van der Waals surface area contributed by atoms with Crippen molar-refractivity contribution in [3.63, 3.8) is 0 Å². The Balaban J connectivity index is 2.04. The number of aromatic carboxylic acids is 1. The summed E-state index contributed by atoms with van der Waals surface area (Å²) in [6, 6.07) is 2.74. The van der Waals surface area contributed by atoms with Crippen LogP contribution >= 0.6 is 27.7 Å². The Bertz CT molecular complexity index is 854. The summed E-state index contributed by atoms with van der Waals surface area (Å²) in [5.41, 5.74) is 0.945. The van der Waals surface area contributed by atoms with E-state index < -0.39 is 11.8 Å². The van der Waals surface area contributed by atoms with Crippen LogP contribution in [-0.2, 0) is 0 Å². The average molecular weight is 369 g/mol. The van der Waals surface area contributed by atoms with Crippen LogP contribution in [0.4, 0.5) is 4.39 Å². The highest BCUT2D eigenvalue weighted by Crippen LogP contribution is 2.35. The van der Waals surface area contributed by atoms with Gasteiger partial charge in [0.05, 0.1) is 21.3 Å². The van der Waals surface area contributed by atoms with Crippen LogP contribution in [0, 0.1) is 5.82 Å². The summed E-state index contributed by atoms with van der Waals surface area (Å²) in [4.78, 5) is 26.1. The highest BCUT2D eigenvalue weighted by molar-refractivity contribution is 9.10.